The van der Waals surface area contributed by atoms with Crippen LogP contribution in [0.2, 0.25) is 0 Å². The maximum atomic E-state index is 10.6. The minimum absolute atomic E-state index is 0.190. The van der Waals surface area contributed by atoms with Gasteiger partial charge in [-0.2, -0.15) is 0 Å². The zero-order chi connectivity index (χ0) is 27.0. The molecule has 0 bridgehead atoms. The van der Waals surface area contributed by atoms with Crippen LogP contribution in [0.15, 0.2) is 29.5 Å². The first kappa shape index (κ1) is 35.8. The van der Waals surface area contributed by atoms with Crippen molar-refractivity contribution in [1.29, 1.82) is 0 Å². The summed E-state index contributed by atoms with van der Waals surface area (Å²) in [5.41, 5.74) is 3.31. The smallest absolute Gasteiger partial charge is 0.330 e. The van der Waals surface area contributed by atoms with E-state index < -0.39 is 23.2 Å². The van der Waals surface area contributed by atoms with Gasteiger partial charge in [0.1, 0.15) is 0 Å². The molecule has 202 valence electrons. The highest BCUT2D eigenvalue weighted by Gasteiger charge is 2.29. The topological polar surface area (TPSA) is 102 Å². The summed E-state index contributed by atoms with van der Waals surface area (Å²) in [5, 5.41) is 8.11. The van der Waals surface area contributed by atoms with Gasteiger partial charge < -0.3 is 9.47 Å². The summed E-state index contributed by atoms with van der Waals surface area (Å²) in [6.45, 7) is 19.9. The SMILES string of the molecule is CC(C)=CCCC(C)=CCCn1cc(CC(C)(OP=O)OP=O)nn1.CCOCC.CCOCC. The highest BCUT2D eigenvalue weighted by Crippen LogP contribution is 2.26. The number of aryl methyl sites for hydroxylation is 1. The predicted octanol–water partition coefficient (Wildman–Crippen LogP) is 7.15. The van der Waals surface area contributed by atoms with Gasteiger partial charge in [-0.1, -0.05) is 28.5 Å². The lowest BCUT2D eigenvalue weighted by Gasteiger charge is -2.20. The van der Waals surface area contributed by atoms with Gasteiger partial charge in [0.05, 0.1) is 5.69 Å². The van der Waals surface area contributed by atoms with Crippen molar-refractivity contribution in [3.63, 3.8) is 0 Å². The molecule has 0 saturated heterocycles. The van der Waals surface area contributed by atoms with E-state index in [0.717, 1.165) is 45.7 Å². The van der Waals surface area contributed by atoms with Crippen LogP contribution in [-0.4, -0.2) is 47.2 Å². The number of ether oxygens (including phenoxy) is 2. The normalized spacial score (nSPS) is 12.9. The van der Waals surface area contributed by atoms with Crippen LogP contribution in [0, 0.1) is 0 Å². The zero-order valence-electron chi connectivity index (χ0n) is 22.8. The molecule has 9 nitrogen and oxygen atoms in total. The van der Waals surface area contributed by atoms with E-state index in [1.807, 2.05) is 27.7 Å². The molecule has 35 heavy (non-hydrogen) atoms. The molecular weight excluding hydrogens is 488 g/mol. The molecule has 0 atom stereocenters. The Morgan fingerprint density at radius 1 is 0.943 bits per heavy atom. The van der Waals surface area contributed by atoms with Crippen LogP contribution in [0.4, 0.5) is 0 Å². The molecule has 11 heteroatoms. The number of rotatable bonds is 16. The number of hydrogen-bond acceptors (Lipinski definition) is 8. The quantitative estimate of drug-likeness (QED) is 0.125. The summed E-state index contributed by atoms with van der Waals surface area (Å²) in [4.78, 5) is 0. The van der Waals surface area contributed by atoms with Crippen molar-refractivity contribution < 1.29 is 27.7 Å². The van der Waals surface area contributed by atoms with E-state index in [-0.39, 0.29) is 6.42 Å². The summed E-state index contributed by atoms with van der Waals surface area (Å²) < 4.78 is 42.6. The summed E-state index contributed by atoms with van der Waals surface area (Å²) in [6.07, 6.45) is 9.41. The molecule has 0 N–H and O–H groups in total. The number of nitrogens with zero attached hydrogens (tertiary/aromatic N) is 3. The second kappa shape index (κ2) is 24.4. The van der Waals surface area contributed by atoms with Gasteiger partial charge in [-0.05, 0) is 74.7 Å². The average molecular weight is 534 g/mol. The third kappa shape index (κ3) is 22.8. The fourth-order valence-electron chi connectivity index (χ4n) is 2.64. The molecule has 0 aliphatic heterocycles. The van der Waals surface area contributed by atoms with Crippen LogP contribution in [0.25, 0.3) is 0 Å². The maximum Gasteiger partial charge on any atom is 0.330 e. The summed E-state index contributed by atoms with van der Waals surface area (Å²) in [5.74, 6) is -1.28. The van der Waals surface area contributed by atoms with E-state index in [1.165, 1.54) is 11.1 Å². The van der Waals surface area contributed by atoms with Gasteiger partial charge in [0.25, 0.3) is 0 Å². The third-order valence-corrected chi connectivity index (χ3v) is 5.23. The van der Waals surface area contributed by atoms with Crippen molar-refractivity contribution in [1.82, 2.24) is 15.0 Å². The van der Waals surface area contributed by atoms with Crippen molar-refractivity contribution >= 4 is 17.4 Å². The molecule has 1 aromatic rings. The van der Waals surface area contributed by atoms with E-state index in [1.54, 1.807) is 17.8 Å². The molecule has 0 fully saturated rings. The highest BCUT2D eigenvalue weighted by molar-refractivity contribution is 7.18. The second-order valence-electron chi connectivity index (χ2n) is 7.84. The first-order chi connectivity index (χ1) is 16.7. The Morgan fingerprint density at radius 3 is 1.91 bits per heavy atom. The number of hydrogen-bond donors (Lipinski definition) is 0. The van der Waals surface area contributed by atoms with Gasteiger partial charge in [0, 0.05) is 45.6 Å². The Bertz CT molecular complexity index is 702. The molecule has 0 aliphatic carbocycles. The first-order valence-corrected chi connectivity index (χ1v) is 13.5. The van der Waals surface area contributed by atoms with Crippen LogP contribution in [0.5, 0.6) is 0 Å². The second-order valence-corrected chi connectivity index (χ2v) is 8.50. The third-order valence-electron chi connectivity index (χ3n) is 4.31. The highest BCUT2D eigenvalue weighted by atomic mass is 31.1. The van der Waals surface area contributed by atoms with Crippen molar-refractivity contribution in [2.24, 2.45) is 0 Å². The number of aromatic nitrogens is 3. The van der Waals surface area contributed by atoms with E-state index >= 15 is 0 Å². The molecule has 0 saturated carbocycles. The fraction of sp³-hybridized carbons (Fsp3) is 0.750. The summed E-state index contributed by atoms with van der Waals surface area (Å²) in [7, 11) is -1.10. The fourth-order valence-corrected chi connectivity index (χ4v) is 3.22. The van der Waals surface area contributed by atoms with Crippen LogP contribution < -0.4 is 0 Å². The summed E-state index contributed by atoms with van der Waals surface area (Å²) >= 11 is 0. The van der Waals surface area contributed by atoms with Crippen molar-refractivity contribution in [3.05, 3.63) is 35.2 Å². The standard InChI is InChI=1S/C16H25N3O4P2.2C4H10O/c1-13(2)7-5-8-14(3)9-6-10-19-12-15(17-18-19)11-16(4,22-24-20)23-25-21;2*1-3-5-4-2/h7,9,12H,5-6,8,10-11H2,1-4H3;2*3-4H2,1-2H3. The van der Waals surface area contributed by atoms with Gasteiger partial charge in [0.2, 0.25) is 0 Å². The largest absolute Gasteiger partial charge is 0.382 e. The van der Waals surface area contributed by atoms with Crippen LogP contribution >= 0.6 is 17.4 Å². The van der Waals surface area contributed by atoms with Crippen LogP contribution in [-0.2, 0) is 40.6 Å². The first-order valence-electron chi connectivity index (χ1n) is 12.1. The molecular formula is C24H45N3O6P2. The van der Waals surface area contributed by atoms with Crippen LogP contribution in [0.3, 0.4) is 0 Å². The molecule has 1 heterocycles. The van der Waals surface area contributed by atoms with Gasteiger partial charge in [-0.25, -0.2) is 9.13 Å². The van der Waals surface area contributed by atoms with Gasteiger partial charge in [-0.3, -0.25) is 13.7 Å². The minimum Gasteiger partial charge on any atom is -0.382 e. The monoisotopic (exact) mass is 533 g/mol. The van der Waals surface area contributed by atoms with Crippen molar-refractivity contribution in [2.45, 2.75) is 93.4 Å². The van der Waals surface area contributed by atoms with E-state index in [2.05, 4.69) is 43.2 Å². The van der Waals surface area contributed by atoms with E-state index in [9.17, 15) is 9.13 Å². The molecule has 0 radical (unpaired) electrons. The molecule has 0 unspecified atom stereocenters. The molecule has 0 aromatic carbocycles. The van der Waals surface area contributed by atoms with Gasteiger partial charge in [0.15, 0.2) is 5.79 Å². The Kier molecular flexibility index (Phi) is 24.9. The number of allylic oxidation sites excluding steroid dienone is 4. The maximum absolute atomic E-state index is 10.6. The molecule has 0 spiro atoms. The molecule has 1 aromatic heterocycles. The molecule has 0 aliphatic rings. The van der Waals surface area contributed by atoms with Crippen molar-refractivity contribution in [3.8, 4) is 0 Å². The lowest BCUT2D eigenvalue weighted by atomic mass is 10.1. The van der Waals surface area contributed by atoms with Crippen molar-refractivity contribution in [2.75, 3.05) is 26.4 Å². The predicted molar refractivity (Wildman–Crippen MR) is 141 cm³/mol. The molecule has 1 rings (SSSR count). The Balaban J connectivity index is 0. The van der Waals surface area contributed by atoms with E-state index in [0.29, 0.717) is 12.2 Å². The van der Waals surface area contributed by atoms with Gasteiger partial charge >= 0.3 is 17.4 Å². The van der Waals surface area contributed by atoms with E-state index in [4.69, 9.17) is 18.5 Å². The molecule has 0 amide bonds. The minimum atomic E-state index is -1.28. The van der Waals surface area contributed by atoms with Crippen LogP contribution in [0.1, 0.15) is 80.3 Å². The Labute approximate surface area is 215 Å². The van der Waals surface area contributed by atoms with Gasteiger partial charge in [-0.15, -0.1) is 5.10 Å². The summed E-state index contributed by atoms with van der Waals surface area (Å²) in [6, 6.07) is 0. The zero-order valence-corrected chi connectivity index (χ0v) is 24.6. The Hall–Kier alpha value is -1.34. The lowest BCUT2D eigenvalue weighted by molar-refractivity contribution is -0.0805. The Morgan fingerprint density at radius 2 is 1.49 bits per heavy atom. The lowest BCUT2D eigenvalue weighted by Crippen LogP contribution is -2.29. The average Bonchev–Trinajstić information content (AvgIpc) is 3.22.